The molecule has 0 radical (unpaired) electrons. The fraction of sp³-hybridized carbons (Fsp3) is 0.542. The highest BCUT2D eigenvalue weighted by molar-refractivity contribution is 5.81. The van der Waals surface area contributed by atoms with Crippen LogP contribution in [0.5, 0.6) is 5.88 Å². The normalized spacial score (nSPS) is 23.5. The summed E-state index contributed by atoms with van der Waals surface area (Å²) < 4.78 is 22.6. The summed E-state index contributed by atoms with van der Waals surface area (Å²) in [5, 5.41) is 3.52. The third-order valence-corrected chi connectivity index (χ3v) is 6.28. The van der Waals surface area contributed by atoms with Crippen LogP contribution in [0.1, 0.15) is 44.9 Å². The van der Waals surface area contributed by atoms with Gasteiger partial charge in [0.15, 0.2) is 5.58 Å². The van der Waals surface area contributed by atoms with Crippen LogP contribution in [0.2, 0.25) is 0 Å². The molecule has 3 aromatic rings. The number of ether oxygens (including phenoxy) is 3. The molecule has 3 heterocycles. The Labute approximate surface area is 187 Å². The molecular formula is C24H30N4O4. The maximum Gasteiger partial charge on any atom is 0.226 e. The Kier molecular flexibility index (Phi) is 6.23. The van der Waals surface area contributed by atoms with E-state index in [-0.39, 0.29) is 6.10 Å². The smallest absolute Gasteiger partial charge is 0.226 e. The zero-order valence-corrected chi connectivity index (χ0v) is 18.7. The van der Waals surface area contributed by atoms with Crippen molar-refractivity contribution in [3.05, 3.63) is 30.3 Å². The molecule has 1 aliphatic carbocycles. The fourth-order valence-electron chi connectivity index (χ4n) is 4.40. The molecule has 0 spiro atoms. The monoisotopic (exact) mass is 438 g/mol. The maximum absolute atomic E-state index is 6.28. The lowest BCUT2D eigenvalue weighted by Gasteiger charge is -2.27. The van der Waals surface area contributed by atoms with Gasteiger partial charge in [-0.15, -0.1) is 0 Å². The molecule has 0 amide bonds. The minimum atomic E-state index is -0.00360. The summed E-state index contributed by atoms with van der Waals surface area (Å²) >= 11 is 0. The number of anilines is 1. The molecule has 2 fully saturated rings. The van der Waals surface area contributed by atoms with Crippen LogP contribution >= 0.6 is 0 Å². The van der Waals surface area contributed by atoms with Crippen molar-refractivity contribution in [1.29, 1.82) is 0 Å². The van der Waals surface area contributed by atoms with Crippen molar-refractivity contribution in [3.8, 4) is 17.0 Å². The standard InChI is InChI=1S/C24H30N4O4/c1-15-3-6-17(7-4-15)26-24-25-12-19(23(28-24)31-18-9-10-30-13-18)16-5-8-21-20(11-16)27-22(32-21)14-29-2/h5,8,11-12,15,17-18H,3-4,6-7,9-10,13-14H2,1-2H3,(H,25,26,28). The van der Waals surface area contributed by atoms with E-state index in [9.17, 15) is 0 Å². The first-order valence-corrected chi connectivity index (χ1v) is 11.4. The van der Waals surface area contributed by atoms with Crippen LogP contribution in [0.3, 0.4) is 0 Å². The van der Waals surface area contributed by atoms with Gasteiger partial charge in [0, 0.05) is 25.8 Å². The van der Waals surface area contributed by atoms with E-state index in [1.807, 2.05) is 24.4 Å². The highest BCUT2D eigenvalue weighted by Gasteiger charge is 2.23. The average molecular weight is 439 g/mol. The lowest BCUT2D eigenvalue weighted by Crippen LogP contribution is -2.26. The van der Waals surface area contributed by atoms with Crippen molar-refractivity contribution in [1.82, 2.24) is 15.0 Å². The zero-order chi connectivity index (χ0) is 21.9. The topological polar surface area (TPSA) is 91.5 Å². The summed E-state index contributed by atoms with van der Waals surface area (Å²) in [4.78, 5) is 13.9. The van der Waals surface area contributed by atoms with Crippen LogP contribution in [0.4, 0.5) is 5.95 Å². The molecule has 5 rings (SSSR count). The maximum atomic E-state index is 6.28. The second-order valence-corrected chi connectivity index (χ2v) is 8.84. The summed E-state index contributed by atoms with van der Waals surface area (Å²) in [5.74, 6) is 2.54. The predicted octanol–water partition coefficient (Wildman–Crippen LogP) is 4.59. The van der Waals surface area contributed by atoms with Crippen molar-refractivity contribution in [2.75, 3.05) is 25.6 Å². The van der Waals surface area contributed by atoms with Gasteiger partial charge >= 0.3 is 0 Å². The van der Waals surface area contributed by atoms with Crippen molar-refractivity contribution in [3.63, 3.8) is 0 Å². The Balaban J connectivity index is 1.44. The number of hydrogen-bond donors (Lipinski definition) is 1. The zero-order valence-electron chi connectivity index (χ0n) is 18.7. The lowest BCUT2D eigenvalue weighted by molar-refractivity contribution is 0.138. The van der Waals surface area contributed by atoms with Crippen molar-refractivity contribution in [2.45, 2.75) is 57.8 Å². The van der Waals surface area contributed by atoms with Gasteiger partial charge < -0.3 is 23.9 Å². The summed E-state index contributed by atoms with van der Waals surface area (Å²) in [7, 11) is 1.62. The van der Waals surface area contributed by atoms with E-state index in [1.54, 1.807) is 7.11 Å². The molecule has 1 atom stereocenters. The number of hydrogen-bond acceptors (Lipinski definition) is 8. The first-order chi connectivity index (χ1) is 15.7. The van der Waals surface area contributed by atoms with Gasteiger partial charge in [0.05, 0.1) is 18.8 Å². The van der Waals surface area contributed by atoms with Gasteiger partial charge in [0.25, 0.3) is 0 Å². The van der Waals surface area contributed by atoms with Crippen molar-refractivity contribution < 1.29 is 18.6 Å². The molecular weight excluding hydrogens is 408 g/mol. The first-order valence-electron chi connectivity index (χ1n) is 11.4. The molecule has 1 saturated heterocycles. The van der Waals surface area contributed by atoms with Gasteiger partial charge in [0.2, 0.25) is 17.7 Å². The van der Waals surface area contributed by atoms with E-state index in [1.165, 1.54) is 12.8 Å². The van der Waals surface area contributed by atoms with E-state index >= 15 is 0 Å². The molecule has 0 bridgehead atoms. The van der Waals surface area contributed by atoms with Gasteiger partial charge in [-0.3, -0.25) is 0 Å². The first kappa shape index (κ1) is 21.2. The van der Waals surface area contributed by atoms with Gasteiger partial charge in [-0.25, -0.2) is 9.97 Å². The number of oxazole rings is 1. The Hall–Kier alpha value is -2.71. The lowest BCUT2D eigenvalue weighted by atomic mass is 9.87. The summed E-state index contributed by atoms with van der Waals surface area (Å²) in [5.41, 5.74) is 3.25. The van der Waals surface area contributed by atoms with Crippen LogP contribution in [-0.4, -0.2) is 47.4 Å². The number of fused-ring (bicyclic) bond motifs is 1. The van der Waals surface area contributed by atoms with Crippen LogP contribution in [0, 0.1) is 5.92 Å². The van der Waals surface area contributed by atoms with Crippen LogP contribution < -0.4 is 10.1 Å². The van der Waals surface area contributed by atoms with Crippen molar-refractivity contribution >= 4 is 17.0 Å². The number of aromatic nitrogens is 3. The molecule has 1 unspecified atom stereocenters. The number of benzene rings is 1. The van der Waals surface area contributed by atoms with Crippen LogP contribution in [0.15, 0.2) is 28.8 Å². The number of rotatable bonds is 7. The SMILES string of the molecule is COCc1nc2cc(-c3cnc(NC4CCC(C)CC4)nc3OC3CCOC3)ccc2o1. The number of nitrogens with one attached hydrogen (secondary N) is 1. The van der Waals surface area contributed by atoms with E-state index in [0.717, 1.165) is 47.4 Å². The Morgan fingerprint density at radius 1 is 1.12 bits per heavy atom. The number of methoxy groups -OCH3 is 1. The van der Waals surface area contributed by atoms with E-state index in [4.69, 9.17) is 23.6 Å². The molecule has 1 aliphatic heterocycles. The predicted molar refractivity (Wildman–Crippen MR) is 121 cm³/mol. The van der Waals surface area contributed by atoms with E-state index in [2.05, 4.69) is 22.2 Å². The summed E-state index contributed by atoms with van der Waals surface area (Å²) in [6, 6.07) is 6.28. The van der Waals surface area contributed by atoms with E-state index in [0.29, 0.717) is 43.6 Å². The fourth-order valence-corrected chi connectivity index (χ4v) is 4.40. The third-order valence-electron chi connectivity index (χ3n) is 6.28. The molecule has 1 N–H and O–H groups in total. The summed E-state index contributed by atoms with van der Waals surface area (Å²) in [6.45, 7) is 3.95. The third kappa shape index (κ3) is 4.71. The van der Waals surface area contributed by atoms with E-state index < -0.39 is 0 Å². The molecule has 1 aromatic carbocycles. The van der Waals surface area contributed by atoms with Crippen molar-refractivity contribution in [2.24, 2.45) is 5.92 Å². The van der Waals surface area contributed by atoms with Gasteiger partial charge in [-0.2, -0.15) is 4.98 Å². The Bertz CT molecular complexity index is 1060. The number of nitrogens with zero attached hydrogens (tertiary/aromatic N) is 3. The average Bonchev–Trinajstić information content (AvgIpc) is 3.45. The highest BCUT2D eigenvalue weighted by atomic mass is 16.5. The van der Waals surface area contributed by atoms with Gasteiger partial charge in [0.1, 0.15) is 18.2 Å². The Morgan fingerprint density at radius 2 is 2.00 bits per heavy atom. The summed E-state index contributed by atoms with van der Waals surface area (Å²) in [6.07, 6.45) is 7.45. The molecule has 170 valence electrons. The van der Waals surface area contributed by atoms with Gasteiger partial charge in [-0.05, 0) is 49.3 Å². The highest BCUT2D eigenvalue weighted by Crippen LogP contribution is 2.33. The molecule has 2 aliphatic rings. The minimum absolute atomic E-state index is 0.00360. The molecule has 32 heavy (non-hydrogen) atoms. The van der Waals surface area contributed by atoms with Crippen LogP contribution in [0.25, 0.3) is 22.2 Å². The second kappa shape index (κ2) is 9.42. The minimum Gasteiger partial charge on any atom is -0.471 e. The molecule has 2 aromatic heterocycles. The quantitative estimate of drug-likeness (QED) is 0.573. The Morgan fingerprint density at radius 3 is 2.78 bits per heavy atom. The molecule has 8 heteroatoms. The molecule has 1 saturated carbocycles. The largest absolute Gasteiger partial charge is 0.471 e. The molecule has 8 nitrogen and oxygen atoms in total. The second-order valence-electron chi connectivity index (χ2n) is 8.84. The van der Waals surface area contributed by atoms with Gasteiger partial charge in [-0.1, -0.05) is 13.0 Å². The van der Waals surface area contributed by atoms with Crippen LogP contribution in [-0.2, 0) is 16.1 Å².